The van der Waals surface area contributed by atoms with Crippen LogP contribution in [0.15, 0.2) is 42.5 Å². The van der Waals surface area contributed by atoms with Crippen LogP contribution in [-0.4, -0.2) is 20.8 Å². The van der Waals surface area contributed by atoms with Crippen molar-refractivity contribution in [2.75, 3.05) is 20.8 Å². The summed E-state index contributed by atoms with van der Waals surface area (Å²) in [5.74, 6) is 1.68. The second kappa shape index (κ2) is 7.14. The predicted octanol–water partition coefficient (Wildman–Crippen LogP) is 3.65. The Kier molecular flexibility index (Phi) is 5.23. The van der Waals surface area contributed by atoms with Crippen molar-refractivity contribution >= 4 is 0 Å². The molecule has 2 rings (SSSR count). The van der Waals surface area contributed by atoms with Gasteiger partial charge in [0.2, 0.25) is 0 Å². The molecule has 0 bridgehead atoms. The van der Waals surface area contributed by atoms with Gasteiger partial charge in [-0.2, -0.15) is 0 Å². The van der Waals surface area contributed by atoms with Gasteiger partial charge in [-0.05, 0) is 61.9 Å². The number of rotatable bonds is 6. The van der Waals surface area contributed by atoms with Gasteiger partial charge in [-0.1, -0.05) is 18.2 Å². The van der Waals surface area contributed by atoms with Crippen LogP contribution in [-0.2, 0) is 0 Å². The number of nitrogens with one attached hydrogen (secondary N) is 1. The third-order valence-electron chi connectivity index (χ3n) is 3.76. The van der Waals surface area contributed by atoms with E-state index >= 15 is 0 Å². The topological polar surface area (TPSA) is 30.5 Å². The van der Waals surface area contributed by atoms with Crippen molar-refractivity contribution in [3.63, 3.8) is 0 Å². The van der Waals surface area contributed by atoms with Crippen LogP contribution in [0.25, 0.3) is 0 Å². The van der Waals surface area contributed by atoms with Gasteiger partial charge in [0.25, 0.3) is 0 Å². The lowest BCUT2D eigenvalue weighted by atomic mass is 10.0. The summed E-state index contributed by atoms with van der Waals surface area (Å²) in [6.07, 6.45) is 0. The first-order valence-corrected chi connectivity index (χ1v) is 7.15. The molecule has 0 aromatic heterocycles. The Morgan fingerprint density at radius 1 is 0.952 bits per heavy atom. The van der Waals surface area contributed by atoms with E-state index < -0.39 is 0 Å². The molecular formula is C18H23NO2. The highest BCUT2D eigenvalue weighted by atomic mass is 16.5. The minimum atomic E-state index is 0.173. The third kappa shape index (κ3) is 3.99. The summed E-state index contributed by atoms with van der Waals surface area (Å²) < 4.78 is 11.0. The van der Waals surface area contributed by atoms with Crippen molar-refractivity contribution in [1.82, 2.24) is 5.32 Å². The Morgan fingerprint density at radius 2 is 1.62 bits per heavy atom. The fourth-order valence-electron chi connectivity index (χ4n) is 2.18. The second-order valence-electron chi connectivity index (χ2n) is 5.17. The summed E-state index contributed by atoms with van der Waals surface area (Å²) >= 11 is 0. The summed E-state index contributed by atoms with van der Waals surface area (Å²) in [6, 6.07) is 14.3. The van der Waals surface area contributed by atoms with Crippen LogP contribution < -0.4 is 14.8 Å². The molecule has 2 aromatic carbocycles. The number of aryl methyl sites for hydroxylation is 2. The summed E-state index contributed by atoms with van der Waals surface area (Å²) in [4.78, 5) is 0. The van der Waals surface area contributed by atoms with E-state index in [-0.39, 0.29) is 6.04 Å². The highest BCUT2D eigenvalue weighted by molar-refractivity contribution is 5.33. The zero-order valence-electron chi connectivity index (χ0n) is 13.1. The third-order valence-corrected chi connectivity index (χ3v) is 3.76. The van der Waals surface area contributed by atoms with E-state index in [4.69, 9.17) is 9.47 Å². The molecule has 3 nitrogen and oxygen atoms in total. The average Bonchev–Trinajstić information content (AvgIpc) is 2.52. The molecule has 0 fully saturated rings. The average molecular weight is 285 g/mol. The first-order valence-electron chi connectivity index (χ1n) is 7.15. The van der Waals surface area contributed by atoms with E-state index in [9.17, 15) is 0 Å². The number of hydrogen-bond acceptors (Lipinski definition) is 3. The summed E-state index contributed by atoms with van der Waals surface area (Å²) in [6.45, 7) is 4.85. The van der Waals surface area contributed by atoms with Gasteiger partial charge < -0.3 is 14.8 Å². The smallest absolute Gasteiger partial charge is 0.119 e. The monoisotopic (exact) mass is 285 g/mol. The zero-order valence-corrected chi connectivity index (χ0v) is 13.1. The van der Waals surface area contributed by atoms with Crippen molar-refractivity contribution in [1.29, 1.82) is 0 Å². The van der Waals surface area contributed by atoms with E-state index in [0.29, 0.717) is 6.61 Å². The largest absolute Gasteiger partial charge is 0.497 e. The van der Waals surface area contributed by atoms with Gasteiger partial charge in [-0.15, -0.1) is 0 Å². The van der Waals surface area contributed by atoms with Gasteiger partial charge in [0.05, 0.1) is 13.2 Å². The molecule has 0 radical (unpaired) electrons. The Morgan fingerprint density at radius 3 is 2.19 bits per heavy atom. The Hall–Kier alpha value is -2.00. The van der Waals surface area contributed by atoms with Gasteiger partial charge >= 0.3 is 0 Å². The summed E-state index contributed by atoms with van der Waals surface area (Å²) in [7, 11) is 3.61. The van der Waals surface area contributed by atoms with Gasteiger partial charge in [-0.25, -0.2) is 0 Å². The highest BCUT2D eigenvalue weighted by Gasteiger charge is 2.11. The molecule has 0 spiro atoms. The van der Waals surface area contributed by atoms with Gasteiger partial charge in [0.15, 0.2) is 0 Å². The fraction of sp³-hybridized carbons (Fsp3) is 0.333. The molecule has 3 heteroatoms. The lowest BCUT2D eigenvalue weighted by molar-refractivity contribution is 0.272. The molecular weight excluding hydrogens is 262 g/mol. The molecule has 2 aromatic rings. The van der Waals surface area contributed by atoms with Crippen molar-refractivity contribution in [3.8, 4) is 11.5 Å². The second-order valence-corrected chi connectivity index (χ2v) is 5.17. The van der Waals surface area contributed by atoms with E-state index in [1.807, 2.05) is 31.3 Å². The van der Waals surface area contributed by atoms with Crippen molar-refractivity contribution < 1.29 is 9.47 Å². The van der Waals surface area contributed by atoms with Gasteiger partial charge in [0, 0.05) is 0 Å². The van der Waals surface area contributed by atoms with Gasteiger partial charge in [-0.3, -0.25) is 0 Å². The molecule has 0 aliphatic rings. The molecule has 21 heavy (non-hydrogen) atoms. The molecule has 1 atom stereocenters. The normalized spacial score (nSPS) is 12.0. The van der Waals surface area contributed by atoms with E-state index in [1.54, 1.807) is 7.11 Å². The number of likely N-dealkylation sites (N-methyl/N-ethyl adjacent to an activating group) is 1. The number of benzene rings is 2. The molecule has 0 saturated carbocycles. The molecule has 1 unspecified atom stereocenters. The lowest BCUT2D eigenvalue weighted by Gasteiger charge is -2.18. The van der Waals surface area contributed by atoms with Crippen LogP contribution in [0.3, 0.4) is 0 Å². The lowest BCUT2D eigenvalue weighted by Crippen LogP contribution is -2.23. The van der Waals surface area contributed by atoms with Crippen LogP contribution in [0.2, 0.25) is 0 Å². The summed E-state index contributed by atoms with van der Waals surface area (Å²) in [5, 5.41) is 3.31. The molecule has 0 saturated heterocycles. The summed E-state index contributed by atoms with van der Waals surface area (Å²) in [5.41, 5.74) is 3.86. The quantitative estimate of drug-likeness (QED) is 0.878. The van der Waals surface area contributed by atoms with Crippen LogP contribution in [0.5, 0.6) is 11.5 Å². The predicted molar refractivity (Wildman–Crippen MR) is 86.2 cm³/mol. The Labute approximate surface area is 126 Å². The van der Waals surface area contributed by atoms with Gasteiger partial charge in [0.1, 0.15) is 18.1 Å². The van der Waals surface area contributed by atoms with Crippen LogP contribution in [0, 0.1) is 13.8 Å². The van der Waals surface area contributed by atoms with E-state index in [1.165, 1.54) is 16.7 Å². The van der Waals surface area contributed by atoms with Crippen molar-refractivity contribution in [2.45, 2.75) is 19.9 Å². The maximum absolute atomic E-state index is 5.86. The Bertz CT molecular complexity index is 578. The molecule has 0 amide bonds. The molecule has 0 aliphatic heterocycles. The molecule has 1 N–H and O–H groups in total. The first-order chi connectivity index (χ1) is 10.1. The van der Waals surface area contributed by atoms with E-state index in [2.05, 4.69) is 37.4 Å². The standard InChI is InChI=1S/C18H23NO2/c1-13-5-6-15(11-14(13)2)18(19-3)12-21-17-9-7-16(20-4)8-10-17/h5-11,18-19H,12H2,1-4H3. The van der Waals surface area contributed by atoms with Crippen LogP contribution in [0.4, 0.5) is 0 Å². The van der Waals surface area contributed by atoms with Crippen LogP contribution >= 0.6 is 0 Å². The fourth-order valence-corrected chi connectivity index (χ4v) is 2.18. The minimum absolute atomic E-state index is 0.173. The Balaban J connectivity index is 2.02. The maximum atomic E-state index is 5.86. The highest BCUT2D eigenvalue weighted by Crippen LogP contribution is 2.21. The number of hydrogen-bond donors (Lipinski definition) is 1. The van der Waals surface area contributed by atoms with E-state index in [0.717, 1.165) is 11.5 Å². The molecule has 0 aliphatic carbocycles. The first kappa shape index (κ1) is 15.4. The molecule has 112 valence electrons. The molecule has 0 heterocycles. The van der Waals surface area contributed by atoms with Crippen molar-refractivity contribution in [3.05, 3.63) is 59.2 Å². The number of ether oxygens (including phenoxy) is 2. The minimum Gasteiger partial charge on any atom is -0.497 e. The number of methoxy groups -OCH3 is 1. The van der Waals surface area contributed by atoms with Crippen molar-refractivity contribution in [2.24, 2.45) is 0 Å². The SMILES string of the molecule is CNC(COc1ccc(OC)cc1)c1ccc(C)c(C)c1. The zero-order chi connectivity index (χ0) is 15.2. The van der Waals surface area contributed by atoms with Crippen LogP contribution in [0.1, 0.15) is 22.7 Å². The maximum Gasteiger partial charge on any atom is 0.119 e.